The predicted molar refractivity (Wildman–Crippen MR) is 77.5 cm³/mol. The first-order valence-corrected chi connectivity index (χ1v) is 7.61. The summed E-state index contributed by atoms with van der Waals surface area (Å²) in [6.07, 6.45) is 5.86. The van der Waals surface area contributed by atoms with Crippen molar-refractivity contribution in [2.75, 3.05) is 0 Å². The van der Waals surface area contributed by atoms with E-state index in [1.807, 2.05) is 0 Å². The maximum absolute atomic E-state index is 12.1. The van der Waals surface area contributed by atoms with Crippen LogP contribution in [0.2, 0.25) is 0 Å². The van der Waals surface area contributed by atoms with E-state index in [1.165, 1.54) is 24.1 Å². The molecule has 1 N–H and O–H groups in total. The molecule has 1 fully saturated rings. The van der Waals surface area contributed by atoms with Crippen LogP contribution in [0.5, 0.6) is 0 Å². The molecule has 1 saturated carbocycles. The van der Waals surface area contributed by atoms with Crippen molar-refractivity contribution in [1.29, 1.82) is 0 Å². The Labute approximate surface area is 115 Å². The standard InChI is InChI=1S/C16H24N2O/c1-11(2)17-14-6-7-15-13(9-14)5-8-16(19)18(15)10-12-3-4-12/h5,8,11-12,14,17H,3-4,6-7,9-10H2,1-2H3. The van der Waals surface area contributed by atoms with E-state index >= 15 is 0 Å². The molecule has 3 nitrogen and oxygen atoms in total. The largest absolute Gasteiger partial charge is 0.312 e. The van der Waals surface area contributed by atoms with Crippen molar-refractivity contribution in [1.82, 2.24) is 9.88 Å². The lowest BCUT2D eigenvalue weighted by Crippen LogP contribution is -2.40. The molecular formula is C16H24N2O. The molecule has 0 bridgehead atoms. The second-order valence-corrected chi connectivity index (χ2v) is 6.46. The Hall–Kier alpha value is -1.09. The molecule has 1 aromatic heterocycles. The van der Waals surface area contributed by atoms with Gasteiger partial charge in [0.2, 0.25) is 0 Å². The van der Waals surface area contributed by atoms with Crippen LogP contribution >= 0.6 is 0 Å². The number of pyridine rings is 1. The Bertz CT molecular complexity index is 514. The fraction of sp³-hybridized carbons (Fsp3) is 0.688. The van der Waals surface area contributed by atoms with Crippen molar-refractivity contribution in [3.05, 3.63) is 33.7 Å². The summed E-state index contributed by atoms with van der Waals surface area (Å²) in [6, 6.07) is 4.91. The Kier molecular flexibility index (Phi) is 3.48. The van der Waals surface area contributed by atoms with E-state index in [2.05, 4.69) is 29.8 Å². The van der Waals surface area contributed by atoms with Crippen LogP contribution in [0.1, 0.15) is 44.4 Å². The predicted octanol–water partition coefficient (Wildman–Crippen LogP) is 2.11. The van der Waals surface area contributed by atoms with Crippen LogP contribution < -0.4 is 10.9 Å². The third-order valence-corrected chi connectivity index (χ3v) is 4.29. The molecular weight excluding hydrogens is 236 g/mol. The highest BCUT2D eigenvalue weighted by atomic mass is 16.1. The fourth-order valence-electron chi connectivity index (χ4n) is 3.20. The molecule has 3 heteroatoms. The first kappa shape index (κ1) is 12.9. The smallest absolute Gasteiger partial charge is 0.250 e. The minimum atomic E-state index is 0.195. The molecule has 0 spiro atoms. The third kappa shape index (κ3) is 2.92. The van der Waals surface area contributed by atoms with Crippen LogP contribution in [0.4, 0.5) is 0 Å². The van der Waals surface area contributed by atoms with Gasteiger partial charge in [0.1, 0.15) is 0 Å². The highest BCUT2D eigenvalue weighted by Gasteiger charge is 2.26. The highest BCUT2D eigenvalue weighted by molar-refractivity contribution is 5.25. The second kappa shape index (κ2) is 5.12. The SMILES string of the molecule is CC(C)NC1CCc2c(ccc(=O)n2CC2CC2)C1. The normalized spacial score (nSPS) is 22.6. The van der Waals surface area contributed by atoms with Crippen molar-refractivity contribution in [3.63, 3.8) is 0 Å². The van der Waals surface area contributed by atoms with Crippen LogP contribution in [0, 0.1) is 5.92 Å². The van der Waals surface area contributed by atoms with Crippen molar-refractivity contribution in [2.45, 2.75) is 64.6 Å². The molecule has 3 rings (SSSR count). The lowest BCUT2D eigenvalue weighted by molar-refractivity contribution is 0.407. The van der Waals surface area contributed by atoms with E-state index < -0.39 is 0 Å². The summed E-state index contributed by atoms with van der Waals surface area (Å²) < 4.78 is 2.05. The van der Waals surface area contributed by atoms with Crippen LogP contribution in [0.3, 0.4) is 0 Å². The van der Waals surface area contributed by atoms with Crippen molar-refractivity contribution >= 4 is 0 Å². The Morgan fingerprint density at radius 2 is 2.11 bits per heavy atom. The average molecular weight is 260 g/mol. The number of nitrogens with one attached hydrogen (secondary N) is 1. The van der Waals surface area contributed by atoms with Gasteiger partial charge in [0.25, 0.3) is 5.56 Å². The number of aromatic nitrogens is 1. The number of hydrogen-bond acceptors (Lipinski definition) is 2. The summed E-state index contributed by atoms with van der Waals surface area (Å²) in [7, 11) is 0. The van der Waals surface area contributed by atoms with Crippen molar-refractivity contribution < 1.29 is 0 Å². The van der Waals surface area contributed by atoms with Gasteiger partial charge in [-0.15, -0.1) is 0 Å². The first-order chi connectivity index (χ1) is 9.13. The zero-order valence-electron chi connectivity index (χ0n) is 12.0. The molecule has 1 atom stereocenters. The van der Waals surface area contributed by atoms with Gasteiger partial charge in [-0.25, -0.2) is 0 Å². The van der Waals surface area contributed by atoms with Gasteiger partial charge in [0.05, 0.1) is 0 Å². The fourth-order valence-corrected chi connectivity index (χ4v) is 3.20. The number of nitrogens with zero attached hydrogens (tertiary/aromatic N) is 1. The lowest BCUT2D eigenvalue weighted by Gasteiger charge is -2.29. The van der Waals surface area contributed by atoms with Crippen LogP contribution in [0.15, 0.2) is 16.9 Å². The second-order valence-electron chi connectivity index (χ2n) is 6.46. The van der Waals surface area contributed by atoms with E-state index in [1.54, 1.807) is 6.07 Å². The van der Waals surface area contributed by atoms with Crippen molar-refractivity contribution in [3.8, 4) is 0 Å². The summed E-state index contributed by atoms with van der Waals surface area (Å²) in [6.45, 7) is 5.34. The Balaban J connectivity index is 1.83. The molecule has 1 heterocycles. The zero-order chi connectivity index (χ0) is 13.4. The topological polar surface area (TPSA) is 34.0 Å². The van der Waals surface area contributed by atoms with Crippen LogP contribution in [-0.4, -0.2) is 16.7 Å². The molecule has 2 aliphatic rings. The van der Waals surface area contributed by atoms with Gasteiger partial charge in [-0.05, 0) is 43.6 Å². The van der Waals surface area contributed by atoms with Gasteiger partial charge in [0, 0.05) is 30.4 Å². The summed E-state index contributed by atoms with van der Waals surface area (Å²) >= 11 is 0. The maximum Gasteiger partial charge on any atom is 0.250 e. The first-order valence-electron chi connectivity index (χ1n) is 7.61. The summed E-state index contributed by atoms with van der Waals surface area (Å²) in [5.74, 6) is 0.760. The van der Waals surface area contributed by atoms with Crippen LogP contribution in [-0.2, 0) is 19.4 Å². The van der Waals surface area contributed by atoms with Gasteiger partial charge < -0.3 is 9.88 Å². The van der Waals surface area contributed by atoms with Crippen molar-refractivity contribution in [2.24, 2.45) is 5.92 Å². The van der Waals surface area contributed by atoms with E-state index in [0.717, 1.165) is 31.7 Å². The molecule has 0 saturated heterocycles. The Morgan fingerprint density at radius 1 is 1.32 bits per heavy atom. The van der Waals surface area contributed by atoms with Gasteiger partial charge in [-0.3, -0.25) is 4.79 Å². The Morgan fingerprint density at radius 3 is 2.79 bits per heavy atom. The molecule has 1 unspecified atom stereocenters. The van der Waals surface area contributed by atoms with Gasteiger partial charge in [0.15, 0.2) is 0 Å². The zero-order valence-corrected chi connectivity index (χ0v) is 12.0. The van der Waals surface area contributed by atoms with Crippen LogP contribution in [0.25, 0.3) is 0 Å². The number of rotatable bonds is 4. The molecule has 104 valence electrons. The molecule has 1 aromatic rings. The molecule has 0 aliphatic heterocycles. The molecule has 0 aromatic carbocycles. The lowest BCUT2D eigenvalue weighted by atomic mass is 9.91. The monoisotopic (exact) mass is 260 g/mol. The van der Waals surface area contributed by atoms with Gasteiger partial charge in [-0.2, -0.15) is 0 Å². The number of hydrogen-bond donors (Lipinski definition) is 1. The van der Waals surface area contributed by atoms with E-state index in [0.29, 0.717) is 12.1 Å². The highest BCUT2D eigenvalue weighted by Crippen LogP contribution is 2.31. The summed E-state index contributed by atoms with van der Waals surface area (Å²) in [5.41, 5.74) is 2.88. The molecule has 2 aliphatic carbocycles. The quantitative estimate of drug-likeness (QED) is 0.899. The maximum atomic E-state index is 12.1. The molecule has 0 radical (unpaired) electrons. The summed E-state index contributed by atoms with van der Waals surface area (Å²) in [4.78, 5) is 12.1. The molecule has 0 amide bonds. The van der Waals surface area contributed by atoms with Gasteiger partial charge >= 0.3 is 0 Å². The average Bonchev–Trinajstić information content (AvgIpc) is 3.16. The minimum absolute atomic E-state index is 0.195. The van der Waals surface area contributed by atoms with Gasteiger partial charge in [-0.1, -0.05) is 19.9 Å². The minimum Gasteiger partial charge on any atom is -0.312 e. The van der Waals surface area contributed by atoms with E-state index in [4.69, 9.17) is 0 Å². The van der Waals surface area contributed by atoms with E-state index in [-0.39, 0.29) is 5.56 Å². The third-order valence-electron chi connectivity index (χ3n) is 4.29. The summed E-state index contributed by atoms with van der Waals surface area (Å²) in [5, 5.41) is 3.62. The van der Waals surface area contributed by atoms with E-state index in [9.17, 15) is 4.79 Å². The number of fused-ring (bicyclic) bond motifs is 1. The molecule has 19 heavy (non-hydrogen) atoms.